The highest BCUT2D eigenvalue weighted by Crippen LogP contribution is 2.17. The maximum atomic E-state index is 5.53. The minimum Gasteiger partial charge on any atom is -0.398 e. The van der Waals surface area contributed by atoms with E-state index in [1.807, 2.05) is 6.55 Å². The first kappa shape index (κ1) is 11.1. The van der Waals surface area contributed by atoms with Gasteiger partial charge in [0.25, 0.3) is 0 Å². The summed E-state index contributed by atoms with van der Waals surface area (Å²) in [5.41, 5.74) is 0. The van der Waals surface area contributed by atoms with Crippen LogP contribution in [0.1, 0.15) is 0 Å². The first-order valence-electron chi connectivity index (χ1n) is 4.50. The van der Waals surface area contributed by atoms with Crippen molar-refractivity contribution in [2.75, 3.05) is 34.0 Å². The quantitative estimate of drug-likeness (QED) is 0.637. The van der Waals surface area contributed by atoms with Crippen molar-refractivity contribution in [3.8, 4) is 0 Å². The number of hydrogen-bond acceptors (Lipinski definition) is 4. The first-order valence-corrected chi connectivity index (χ1v) is 7.02. The Kier molecular flexibility index (Phi) is 4.34. The average molecular weight is 206 g/mol. The topological polar surface area (TPSA) is 36.9 Å². The second kappa shape index (κ2) is 5.07. The lowest BCUT2D eigenvalue weighted by Gasteiger charge is -2.30. The highest BCUT2D eigenvalue weighted by Gasteiger charge is 2.33. The zero-order chi connectivity index (χ0) is 9.73. The second-order valence-electron chi connectivity index (χ2n) is 3.31. The molecule has 0 aromatic rings. The molecule has 0 aromatic carbocycles. The fraction of sp³-hybridized carbons (Fsp3) is 1.00. The van der Waals surface area contributed by atoms with E-state index in [-0.39, 0.29) is 6.10 Å². The average Bonchev–Trinajstić information content (AvgIpc) is 2.19. The van der Waals surface area contributed by atoms with Gasteiger partial charge in [0.2, 0.25) is 0 Å². The molecule has 4 nitrogen and oxygen atoms in total. The van der Waals surface area contributed by atoms with E-state index in [1.165, 1.54) is 0 Å². The predicted octanol–water partition coefficient (Wildman–Crippen LogP) is 0.767. The van der Waals surface area contributed by atoms with E-state index in [1.54, 1.807) is 14.2 Å². The third-order valence-electron chi connectivity index (χ3n) is 2.35. The van der Waals surface area contributed by atoms with Crippen LogP contribution in [-0.2, 0) is 18.3 Å². The molecule has 0 amide bonds. The molecule has 0 aromatic heterocycles. The Labute approximate surface area is 80.4 Å². The maximum Gasteiger partial charge on any atom is 0.337 e. The molecule has 1 rings (SSSR count). The van der Waals surface area contributed by atoms with Gasteiger partial charge in [-0.25, -0.2) is 0 Å². The van der Waals surface area contributed by atoms with E-state index < -0.39 is 8.56 Å². The number of ether oxygens (including phenoxy) is 2. The molecule has 0 bridgehead atoms. The fourth-order valence-electron chi connectivity index (χ4n) is 1.32. The Hall–Kier alpha value is 0.0569. The first-order chi connectivity index (χ1) is 6.20. The predicted molar refractivity (Wildman–Crippen MR) is 51.0 cm³/mol. The molecule has 78 valence electrons. The van der Waals surface area contributed by atoms with Gasteiger partial charge in [-0.3, -0.25) is 0 Å². The summed E-state index contributed by atoms with van der Waals surface area (Å²) in [7, 11) is 1.40. The van der Waals surface area contributed by atoms with Gasteiger partial charge >= 0.3 is 8.56 Å². The van der Waals surface area contributed by atoms with E-state index >= 15 is 0 Å². The third kappa shape index (κ3) is 3.36. The van der Waals surface area contributed by atoms with Crippen molar-refractivity contribution >= 4 is 8.56 Å². The second-order valence-corrected chi connectivity index (χ2v) is 6.81. The van der Waals surface area contributed by atoms with Crippen molar-refractivity contribution in [3.63, 3.8) is 0 Å². The minimum atomic E-state index is -1.99. The van der Waals surface area contributed by atoms with Crippen molar-refractivity contribution in [3.05, 3.63) is 0 Å². The van der Waals surface area contributed by atoms with Crippen LogP contribution in [0.4, 0.5) is 0 Å². The van der Waals surface area contributed by atoms with Crippen LogP contribution in [0.3, 0.4) is 0 Å². The summed E-state index contributed by atoms with van der Waals surface area (Å²) in [5, 5.41) is 0. The Morgan fingerprint density at radius 3 is 2.46 bits per heavy atom. The molecule has 0 saturated carbocycles. The largest absolute Gasteiger partial charge is 0.398 e. The van der Waals surface area contributed by atoms with Gasteiger partial charge in [0.1, 0.15) is 0 Å². The van der Waals surface area contributed by atoms with Crippen LogP contribution in [0.15, 0.2) is 0 Å². The van der Waals surface area contributed by atoms with E-state index in [0.29, 0.717) is 19.8 Å². The van der Waals surface area contributed by atoms with Gasteiger partial charge in [-0.1, -0.05) is 0 Å². The van der Waals surface area contributed by atoms with Crippen molar-refractivity contribution in [2.24, 2.45) is 0 Å². The summed E-state index contributed by atoms with van der Waals surface area (Å²) in [6.07, 6.45) is 0.144. The van der Waals surface area contributed by atoms with Crippen molar-refractivity contribution in [1.29, 1.82) is 0 Å². The SMILES string of the molecule is CO[Si](C)(CC1COCCO1)OC. The molecular weight excluding hydrogens is 188 g/mol. The van der Waals surface area contributed by atoms with Crippen LogP contribution in [-0.4, -0.2) is 48.7 Å². The molecule has 0 radical (unpaired) electrons. The molecule has 0 aliphatic carbocycles. The molecule has 1 atom stereocenters. The monoisotopic (exact) mass is 206 g/mol. The van der Waals surface area contributed by atoms with Crippen molar-refractivity contribution < 1.29 is 18.3 Å². The highest BCUT2D eigenvalue weighted by molar-refractivity contribution is 6.66. The van der Waals surface area contributed by atoms with E-state index in [4.69, 9.17) is 18.3 Å². The Morgan fingerprint density at radius 2 is 2.00 bits per heavy atom. The molecular formula is C8H18O4Si. The van der Waals surface area contributed by atoms with Crippen LogP contribution in [0.2, 0.25) is 12.6 Å². The summed E-state index contributed by atoms with van der Waals surface area (Å²) in [6, 6.07) is 0.833. The van der Waals surface area contributed by atoms with E-state index in [0.717, 1.165) is 6.04 Å². The molecule has 1 aliphatic heterocycles. The molecule has 1 fully saturated rings. The Balaban J connectivity index is 2.35. The van der Waals surface area contributed by atoms with Crippen LogP contribution >= 0.6 is 0 Å². The molecule has 0 spiro atoms. The van der Waals surface area contributed by atoms with Gasteiger partial charge in [0.15, 0.2) is 0 Å². The van der Waals surface area contributed by atoms with Gasteiger partial charge in [0, 0.05) is 20.3 Å². The molecule has 1 saturated heterocycles. The molecule has 1 heterocycles. The van der Waals surface area contributed by atoms with Gasteiger partial charge in [-0.15, -0.1) is 0 Å². The van der Waals surface area contributed by atoms with Crippen molar-refractivity contribution in [1.82, 2.24) is 0 Å². The lowest BCUT2D eigenvalue weighted by atomic mass is 10.4. The van der Waals surface area contributed by atoms with E-state index in [2.05, 4.69) is 0 Å². The summed E-state index contributed by atoms with van der Waals surface area (Å²) < 4.78 is 21.6. The molecule has 1 unspecified atom stereocenters. The summed E-state index contributed by atoms with van der Waals surface area (Å²) in [6.45, 7) is 4.08. The van der Waals surface area contributed by atoms with Crippen molar-refractivity contribution in [2.45, 2.75) is 18.7 Å². The molecule has 13 heavy (non-hydrogen) atoms. The van der Waals surface area contributed by atoms with E-state index in [9.17, 15) is 0 Å². The van der Waals surface area contributed by atoms with Crippen LogP contribution in [0.5, 0.6) is 0 Å². The highest BCUT2D eigenvalue weighted by atomic mass is 28.4. The molecule has 0 N–H and O–H groups in total. The zero-order valence-corrected chi connectivity index (χ0v) is 9.54. The van der Waals surface area contributed by atoms with Crippen LogP contribution in [0.25, 0.3) is 0 Å². The lowest BCUT2D eigenvalue weighted by molar-refractivity contribution is -0.0826. The Morgan fingerprint density at radius 1 is 1.31 bits per heavy atom. The fourth-order valence-corrected chi connectivity index (χ4v) is 2.88. The number of rotatable bonds is 4. The standard InChI is InChI=1S/C8H18O4Si/c1-9-13(3,10-2)7-8-6-11-4-5-12-8/h8H,4-7H2,1-3H3. The molecule has 1 aliphatic rings. The summed E-state index contributed by atoms with van der Waals surface area (Å²) >= 11 is 0. The van der Waals surface area contributed by atoms with Gasteiger partial charge in [0.05, 0.1) is 25.9 Å². The summed E-state index contributed by atoms with van der Waals surface area (Å²) in [5.74, 6) is 0. The van der Waals surface area contributed by atoms with Crippen LogP contribution < -0.4 is 0 Å². The normalized spacial score (nSPS) is 24.7. The van der Waals surface area contributed by atoms with Gasteiger partial charge in [-0.05, 0) is 6.55 Å². The van der Waals surface area contributed by atoms with Crippen LogP contribution in [0, 0.1) is 0 Å². The molecule has 5 heteroatoms. The summed E-state index contributed by atoms with van der Waals surface area (Å²) in [4.78, 5) is 0. The minimum absolute atomic E-state index is 0.144. The van der Waals surface area contributed by atoms with Gasteiger partial charge in [-0.2, -0.15) is 0 Å². The maximum absolute atomic E-state index is 5.53. The lowest BCUT2D eigenvalue weighted by Crippen LogP contribution is -2.43. The zero-order valence-electron chi connectivity index (χ0n) is 8.54. The van der Waals surface area contributed by atoms with Gasteiger partial charge < -0.3 is 18.3 Å². The third-order valence-corrected chi connectivity index (χ3v) is 5.27. The Bertz CT molecular complexity index is 143. The smallest absolute Gasteiger partial charge is 0.337 e. The number of hydrogen-bond donors (Lipinski definition) is 0.